The Kier molecular flexibility index (Phi) is 5.19. The molecule has 2 fully saturated rings. The lowest BCUT2D eigenvalue weighted by Crippen LogP contribution is -2.47. The number of carbonyl (C=O) groups is 2. The van der Waals surface area contributed by atoms with Crippen LogP contribution in [0.25, 0.3) is 17.0 Å². The summed E-state index contributed by atoms with van der Waals surface area (Å²) in [6.07, 6.45) is 0.244. The van der Waals surface area contributed by atoms with E-state index in [1.54, 1.807) is 4.90 Å². The number of likely N-dealkylation sites (tertiary alicyclic amines) is 1. The second kappa shape index (κ2) is 7.94. The van der Waals surface area contributed by atoms with Crippen LogP contribution in [0.15, 0.2) is 24.7 Å². The van der Waals surface area contributed by atoms with E-state index in [9.17, 15) is 22.8 Å². The number of alkyl halides is 3. The van der Waals surface area contributed by atoms with E-state index >= 15 is 0 Å². The highest BCUT2D eigenvalue weighted by Gasteiger charge is 2.38. The van der Waals surface area contributed by atoms with Gasteiger partial charge in [0.1, 0.15) is 17.6 Å². The molecular formula is C20H18ClF3N6O3. The minimum Gasteiger partial charge on any atom is -0.448 e. The van der Waals surface area contributed by atoms with Gasteiger partial charge in [-0.2, -0.15) is 13.2 Å². The average molecular weight is 483 g/mol. The van der Waals surface area contributed by atoms with Gasteiger partial charge in [0.05, 0.1) is 12.1 Å². The first-order chi connectivity index (χ1) is 15.7. The Labute approximate surface area is 190 Å². The molecule has 13 heteroatoms. The van der Waals surface area contributed by atoms with Gasteiger partial charge >= 0.3 is 12.3 Å². The Morgan fingerprint density at radius 3 is 2.61 bits per heavy atom. The molecule has 174 valence electrons. The summed E-state index contributed by atoms with van der Waals surface area (Å²) >= 11 is 6.36. The Morgan fingerprint density at radius 1 is 1.24 bits per heavy atom. The maximum absolute atomic E-state index is 13.8. The van der Waals surface area contributed by atoms with Crippen LogP contribution in [0, 0.1) is 0 Å². The number of piperidine rings is 1. The number of hydrogen-bond donors (Lipinski definition) is 1. The van der Waals surface area contributed by atoms with E-state index in [0.29, 0.717) is 39.1 Å². The van der Waals surface area contributed by atoms with E-state index in [4.69, 9.17) is 16.3 Å². The summed E-state index contributed by atoms with van der Waals surface area (Å²) in [6.45, 7) is 1.49. The molecule has 0 saturated carbocycles. The van der Waals surface area contributed by atoms with Crippen LogP contribution in [-0.2, 0) is 10.9 Å². The molecule has 3 aromatic heterocycles. The summed E-state index contributed by atoms with van der Waals surface area (Å²) in [5.41, 5.74) is -1.58. The number of pyridine rings is 1. The van der Waals surface area contributed by atoms with Gasteiger partial charge in [-0.05, 0) is 18.9 Å². The number of aromatic nitrogens is 4. The van der Waals surface area contributed by atoms with Crippen molar-refractivity contribution >= 4 is 29.2 Å². The molecule has 2 amide bonds. The number of amides is 2. The van der Waals surface area contributed by atoms with Crippen molar-refractivity contribution in [2.24, 2.45) is 0 Å². The van der Waals surface area contributed by atoms with E-state index in [0.717, 1.165) is 10.5 Å². The molecule has 0 unspecified atom stereocenters. The van der Waals surface area contributed by atoms with E-state index in [-0.39, 0.29) is 34.4 Å². The fraction of sp³-hybridized carbons (Fsp3) is 0.400. The normalized spacial score (nSPS) is 17.8. The Hall–Kier alpha value is -3.28. The third-order valence-corrected chi connectivity index (χ3v) is 6.29. The van der Waals surface area contributed by atoms with Gasteiger partial charge in [-0.25, -0.2) is 14.8 Å². The SMILES string of the molecule is O=C(c1nc2c(C(F)(F)F)cc(-c3ncc[nH]3)cn2c1Cl)N1CCC(N2CCOC2=O)CC1. The molecule has 33 heavy (non-hydrogen) atoms. The zero-order chi connectivity index (χ0) is 23.3. The molecule has 2 aliphatic heterocycles. The number of nitrogens with one attached hydrogen (secondary N) is 1. The molecule has 5 heterocycles. The lowest BCUT2D eigenvalue weighted by atomic mass is 10.0. The van der Waals surface area contributed by atoms with Crippen LogP contribution >= 0.6 is 11.6 Å². The van der Waals surface area contributed by atoms with Gasteiger partial charge in [0.2, 0.25) is 0 Å². The van der Waals surface area contributed by atoms with Crippen molar-refractivity contribution in [1.29, 1.82) is 0 Å². The van der Waals surface area contributed by atoms with Gasteiger partial charge in [0, 0.05) is 43.3 Å². The fourth-order valence-electron chi connectivity index (χ4n) is 4.28. The summed E-state index contributed by atoms with van der Waals surface area (Å²) in [4.78, 5) is 38.8. The first-order valence-corrected chi connectivity index (χ1v) is 10.6. The zero-order valence-corrected chi connectivity index (χ0v) is 17.9. The Balaban J connectivity index is 1.46. The molecule has 0 radical (unpaired) electrons. The second-order valence-corrected chi connectivity index (χ2v) is 8.21. The van der Waals surface area contributed by atoms with Gasteiger partial charge in [-0.15, -0.1) is 0 Å². The number of fused-ring (bicyclic) bond motifs is 1. The number of cyclic esters (lactones) is 1. The minimum absolute atomic E-state index is 0.0479. The Morgan fingerprint density at radius 2 is 2.00 bits per heavy atom. The van der Waals surface area contributed by atoms with Crippen molar-refractivity contribution in [2.75, 3.05) is 26.2 Å². The van der Waals surface area contributed by atoms with Crippen molar-refractivity contribution < 1.29 is 27.5 Å². The molecule has 5 rings (SSSR count). The van der Waals surface area contributed by atoms with Gasteiger partial charge < -0.3 is 19.5 Å². The molecule has 0 atom stereocenters. The lowest BCUT2D eigenvalue weighted by molar-refractivity contribution is -0.136. The third-order valence-electron chi connectivity index (χ3n) is 5.93. The van der Waals surface area contributed by atoms with Crippen molar-refractivity contribution in [1.82, 2.24) is 29.2 Å². The molecule has 3 aromatic rings. The van der Waals surface area contributed by atoms with Gasteiger partial charge in [0.25, 0.3) is 5.91 Å². The summed E-state index contributed by atoms with van der Waals surface area (Å²) in [7, 11) is 0. The second-order valence-electron chi connectivity index (χ2n) is 7.85. The van der Waals surface area contributed by atoms with E-state index < -0.39 is 23.3 Å². The third kappa shape index (κ3) is 3.77. The molecular weight excluding hydrogens is 465 g/mol. The number of H-pyrrole nitrogens is 1. The number of ether oxygens (including phenoxy) is 1. The number of nitrogens with zero attached hydrogens (tertiary/aromatic N) is 5. The van der Waals surface area contributed by atoms with Crippen molar-refractivity contribution in [2.45, 2.75) is 25.1 Å². The van der Waals surface area contributed by atoms with Crippen LogP contribution in [0.3, 0.4) is 0 Å². The molecule has 0 aromatic carbocycles. The predicted molar refractivity (Wildman–Crippen MR) is 110 cm³/mol. The minimum atomic E-state index is -4.72. The van der Waals surface area contributed by atoms with E-state index in [1.807, 2.05) is 0 Å². The molecule has 9 nitrogen and oxygen atoms in total. The van der Waals surface area contributed by atoms with Crippen LogP contribution in [0.4, 0.5) is 18.0 Å². The number of rotatable bonds is 3. The first-order valence-electron chi connectivity index (χ1n) is 10.3. The standard InChI is InChI=1S/C20H18ClF3N6O3/c21-15-14(18(31)28-5-1-12(2-6-28)29-7-8-33-19(29)32)27-17-13(20(22,23)24)9-11(10-30(15)17)16-25-3-4-26-16/h3-4,9-10,12H,1-2,5-8H2,(H,25,26). The van der Waals surface area contributed by atoms with Crippen LogP contribution in [-0.4, -0.2) is 73.4 Å². The van der Waals surface area contributed by atoms with E-state index in [2.05, 4.69) is 15.0 Å². The van der Waals surface area contributed by atoms with Gasteiger partial charge in [0.15, 0.2) is 11.3 Å². The summed E-state index contributed by atoms with van der Waals surface area (Å²) < 4.78 is 47.4. The summed E-state index contributed by atoms with van der Waals surface area (Å²) in [5.74, 6) is -0.332. The van der Waals surface area contributed by atoms with Crippen LogP contribution in [0.5, 0.6) is 0 Å². The predicted octanol–water partition coefficient (Wildman–Crippen LogP) is 3.45. The highest BCUT2D eigenvalue weighted by Crippen LogP contribution is 2.36. The molecule has 1 N–H and O–H groups in total. The largest absolute Gasteiger partial charge is 0.448 e. The smallest absolute Gasteiger partial charge is 0.420 e. The monoisotopic (exact) mass is 482 g/mol. The molecule has 0 aliphatic carbocycles. The van der Waals surface area contributed by atoms with Crippen LogP contribution in [0.1, 0.15) is 28.9 Å². The highest BCUT2D eigenvalue weighted by molar-refractivity contribution is 6.33. The summed E-state index contributed by atoms with van der Waals surface area (Å²) in [6, 6.07) is 0.875. The average Bonchev–Trinajstić information content (AvgIpc) is 3.53. The van der Waals surface area contributed by atoms with Crippen LogP contribution in [0.2, 0.25) is 5.15 Å². The van der Waals surface area contributed by atoms with Gasteiger partial charge in [-0.1, -0.05) is 11.6 Å². The quantitative estimate of drug-likeness (QED) is 0.617. The topological polar surface area (TPSA) is 95.8 Å². The number of aromatic amines is 1. The molecule has 0 bridgehead atoms. The lowest BCUT2D eigenvalue weighted by Gasteiger charge is -2.35. The molecule has 2 saturated heterocycles. The maximum atomic E-state index is 13.8. The van der Waals surface area contributed by atoms with Gasteiger partial charge in [-0.3, -0.25) is 9.20 Å². The number of imidazole rings is 2. The molecule has 0 spiro atoms. The fourth-order valence-corrected chi connectivity index (χ4v) is 4.53. The van der Waals surface area contributed by atoms with Crippen molar-refractivity contribution in [3.8, 4) is 11.4 Å². The number of hydrogen-bond acceptors (Lipinski definition) is 5. The zero-order valence-electron chi connectivity index (χ0n) is 17.1. The van der Waals surface area contributed by atoms with Crippen molar-refractivity contribution in [3.05, 3.63) is 41.1 Å². The summed E-state index contributed by atoms with van der Waals surface area (Å²) in [5, 5.41) is -0.209. The maximum Gasteiger partial charge on any atom is 0.420 e. The van der Waals surface area contributed by atoms with Crippen molar-refractivity contribution in [3.63, 3.8) is 0 Å². The van der Waals surface area contributed by atoms with Crippen LogP contribution < -0.4 is 0 Å². The van der Waals surface area contributed by atoms with E-state index in [1.165, 1.54) is 23.5 Å². The number of carbonyl (C=O) groups excluding carboxylic acids is 2. The molecule has 2 aliphatic rings. The first kappa shape index (κ1) is 21.6. The highest BCUT2D eigenvalue weighted by atomic mass is 35.5. The Bertz CT molecular complexity index is 1220. The number of halogens is 4.